The van der Waals surface area contributed by atoms with Gasteiger partial charge in [-0.1, -0.05) is 42.5 Å². The summed E-state index contributed by atoms with van der Waals surface area (Å²) in [5, 5.41) is 15.0. The summed E-state index contributed by atoms with van der Waals surface area (Å²) in [7, 11) is 1.34. The second-order valence-electron chi connectivity index (χ2n) is 12.3. The zero-order valence-corrected chi connectivity index (χ0v) is 31.0. The molecule has 278 valence electrons. The number of amides is 1. The predicted octanol–water partition coefficient (Wildman–Crippen LogP) is 6.75. The molecule has 1 aliphatic heterocycles. The molecular weight excluding hydrogens is 729 g/mol. The van der Waals surface area contributed by atoms with Gasteiger partial charge in [0.2, 0.25) is 0 Å². The molecule has 1 aromatic heterocycles. The van der Waals surface area contributed by atoms with E-state index in [0.717, 1.165) is 59.5 Å². The average Bonchev–Trinajstić information content (AvgIpc) is 3.20. The van der Waals surface area contributed by atoms with E-state index < -0.39 is 28.1 Å². The van der Waals surface area contributed by atoms with E-state index in [4.69, 9.17) is 4.74 Å². The Morgan fingerprint density at radius 3 is 2.37 bits per heavy atom. The lowest BCUT2D eigenvalue weighted by Crippen LogP contribution is -2.46. The highest BCUT2D eigenvalue weighted by atomic mass is 32.2. The maximum Gasteiger partial charge on any atom is 0.339 e. The Bertz CT molecular complexity index is 2130. The average molecular weight is 767 g/mol. The number of piperazine rings is 1. The van der Waals surface area contributed by atoms with E-state index in [1.54, 1.807) is 48.3 Å². The number of nitro groups is 1. The van der Waals surface area contributed by atoms with Crippen LogP contribution in [-0.2, 0) is 22.5 Å². The van der Waals surface area contributed by atoms with Crippen LogP contribution in [0.5, 0.6) is 0 Å². The van der Waals surface area contributed by atoms with Crippen LogP contribution in [0.25, 0.3) is 11.1 Å². The van der Waals surface area contributed by atoms with Gasteiger partial charge in [0.1, 0.15) is 5.69 Å². The lowest BCUT2D eigenvalue weighted by molar-refractivity contribution is -0.383. The summed E-state index contributed by atoms with van der Waals surface area (Å²) < 4.78 is 28.1. The van der Waals surface area contributed by atoms with Crippen LogP contribution in [0, 0.1) is 10.1 Å². The summed E-state index contributed by atoms with van der Waals surface area (Å²) in [5.41, 5.74) is 4.22. The Hall–Kier alpha value is -5.61. The first-order chi connectivity index (χ1) is 26.2. The molecule has 1 fully saturated rings. The van der Waals surface area contributed by atoms with Crippen molar-refractivity contribution in [3.05, 3.63) is 142 Å². The van der Waals surface area contributed by atoms with Gasteiger partial charge >= 0.3 is 5.97 Å². The molecule has 54 heavy (non-hydrogen) atoms. The van der Waals surface area contributed by atoms with Gasteiger partial charge in [-0.3, -0.25) is 29.3 Å². The van der Waals surface area contributed by atoms with Crippen molar-refractivity contribution in [2.45, 2.75) is 11.4 Å². The van der Waals surface area contributed by atoms with Crippen LogP contribution in [0.2, 0.25) is 0 Å². The number of aromatic nitrogens is 1. The van der Waals surface area contributed by atoms with Crippen molar-refractivity contribution in [3.63, 3.8) is 0 Å². The SMILES string of the molecule is COC(=O)c1cncc(-c2ccccc2CN2CCN(c3ccc(C(=O)N(c4ccc(NCCSc5ccccc5)c([N+](=O)[O-])c4)S(=O)O)cc3)CC2)c1. The zero-order chi connectivity index (χ0) is 38.0. The number of pyridine rings is 1. The Labute approximate surface area is 319 Å². The number of nitrogens with zero attached hydrogens (tertiary/aromatic N) is 5. The number of methoxy groups -OCH3 is 1. The molecule has 2 heterocycles. The van der Waals surface area contributed by atoms with Crippen LogP contribution in [0.3, 0.4) is 0 Å². The summed E-state index contributed by atoms with van der Waals surface area (Å²) in [6, 6.07) is 30.3. The molecule has 1 amide bonds. The van der Waals surface area contributed by atoms with Gasteiger partial charge in [0, 0.05) is 85.2 Å². The summed E-state index contributed by atoms with van der Waals surface area (Å²) in [6.07, 6.45) is 3.23. The number of thioether (sulfide) groups is 1. The Kier molecular flexibility index (Phi) is 12.7. The van der Waals surface area contributed by atoms with Crippen molar-refractivity contribution in [3.8, 4) is 11.1 Å². The maximum atomic E-state index is 13.5. The van der Waals surface area contributed by atoms with Crippen LogP contribution >= 0.6 is 11.8 Å². The maximum absolute atomic E-state index is 13.5. The Balaban J connectivity index is 1.07. The van der Waals surface area contributed by atoms with E-state index in [2.05, 4.69) is 26.2 Å². The molecule has 1 atom stereocenters. The van der Waals surface area contributed by atoms with Crippen LogP contribution in [0.15, 0.2) is 120 Å². The smallest absolute Gasteiger partial charge is 0.339 e. The predicted molar refractivity (Wildman–Crippen MR) is 211 cm³/mol. The number of esters is 1. The Morgan fingerprint density at radius 1 is 0.944 bits per heavy atom. The van der Waals surface area contributed by atoms with Gasteiger partial charge < -0.3 is 15.0 Å². The van der Waals surface area contributed by atoms with Crippen molar-refractivity contribution in [2.24, 2.45) is 0 Å². The summed E-state index contributed by atoms with van der Waals surface area (Å²) in [5.74, 6) is -0.555. The number of nitro benzene ring substituents is 1. The fourth-order valence-electron chi connectivity index (χ4n) is 6.19. The lowest BCUT2D eigenvalue weighted by atomic mass is 9.99. The molecule has 0 radical (unpaired) electrons. The molecule has 0 bridgehead atoms. The largest absolute Gasteiger partial charge is 0.465 e. The minimum atomic E-state index is -2.79. The number of carbonyl (C=O) groups is 2. The molecule has 0 spiro atoms. The van der Waals surface area contributed by atoms with Gasteiger partial charge in [0.05, 0.1) is 23.3 Å². The highest BCUT2D eigenvalue weighted by Gasteiger charge is 2.27. The third-order valence-corrected chi connectivity index (χ3v) is 10.6. The molecular formula is C39H38N6O7S2. The van der Waals surface area contributed by atoms with Crippen LogP contribution < -0.4 is 14.5 Å². The zero-order valence-electron chi connectivity index (χ0n) is 29.4. The summed E-state index contributed by atoms with van der Waals surface area (Å²) in [6.45, 7) is 4.17. The molecule has 1 unspecified atom stereocenters. The first-order valence-electron chi connectivity index (χ1n) is 17.1. The van der Waals surface area contributed by atoms with E-state index in [1.165, 1.54) is 25.4 Å². The van der Waals surface area contributed by atoms with E-state index in [9.17, 15) is 28.5 Å². The second-order valence-corrected chi connectivity index (χ2v) is 14.3. The van der Waals surface area contributed by atoms with Gasteiger partial charge in [0.25, 0.3) is 22.9 Å². The van der Waals surface area contributed by atoms with Crippen molar-refractivity contribution in [2.75, 3.05) is 60.1 Å². The van der Waals surface area contributed by atoms with E-state index >= 15 is 0 Å². The minimum absolute atomic E-state index is 0.0778. The summed E-state index contributed by atoms with van der Waals surface area (Å²) in [4.78, 5) is 46.9. The third-order valence-electron chi connectivity index (χ3n) is 8.92. The molecule has 15 heteroatoms. The fourth-order valence-corrected chi connectivity index (χ4v) is 7.52. The number of ether oxygens (including phenoxy) is 1. The molecule has 0 aliphatic carbocycles. The number of rotatable bonds is 14. The normalized spacial score (nSPS) is 13.6. The Morgan fingerprint density at radius 2 is 1.67 bits per heavy atom. The topological polar surface area (TPSA) is 158 Å². The first-order valence-corrected chi connectivity index (χ1v) is 19.1. The highest BCUT2D eigenvalue weighted by Crippen LogP contribution is 2.32. The molecule has 5 aromatic rings. The molecule has 2 N–H and O–H groups in total. The van der Waals surface area contributed by atoms with Gasteiger partial charge in [-0.05, 0) is 65.7 Å². The molecule has 4 aromatic carbocycles. The van der Waals surface area contributed by atoms with Crippen LogP contribution in [-0.4, -0.2) is 81.0 Å². The van der Waals surface area contributed by atoms with Gasteiger partial charge in [-0.15, -0.1) is 11.8 Å². The quantitative estimate of drug-likeness (QED) is 0.0306. The first kappa shape index (κ1) is 38.1. The number of benzene rings is 4. The number of hydrogen-bond donors (Lipinski definition) is 2. The molecule has 6 rings (SSSR count). The van der Waals surface area contributed by atoms with Crippen molar-refractivity contribution in [1.29, 1.82) is 0 Å². The van der Waals surface area contributed by atoms with E-state index in [0.29, 0.717) is 28.7 Å². The van der Waals surface area contributed by atoms with Crippen molar-refractivity contribution < 1.29 is 28.0 Å². The lowest BCUT2D eigenvalue weighted by Gasteiger charge is -2.36. The van der Waals surface area contributed by atoms with E-state index in [1.807, 2.05) is 48.5 Å². The van der Waals surface area contributed by atoms with Gasteiger partial charge in [-0.25, -0.2) is 13.3 Å². The van der Waals surface area contributed by atoms with Gasteiger partial charge in [0.15, 0.2) is 0 Å². The second kappa shape index (κ2) is 17.9. The number of anilines is 3. The van der Waals surface area contributed by atoms with Crippen LogP contribution in [0.1, 0.15) is 26.3 Å². The summed E-state index contributed by atoms with van der Waals surface area (Å²) >= 11 is -1.19. The van der Waals surface area contributed by atoms with E-state index in [-0.39, 0.29) is 22.6 Å². The minimum Gasteiger partial charge on any atom is -0.465 e. The third kappa shape index (κ3) is 9.30. The van der Waals surface area contributed by atoms with Crippen molar-refractivity contribution >= 4 is 57.7 Å². The monoisotopic (exact) mass is 766 g/mol. The molecule has 13 nitrogen and oxygen atoms in total. The number of hydrogen-bond acceptors (Lipinski definition) is 11. The van der Waals surface area contributed by atoms with Crippen molar-refractivity contribution in [1.82, 2.24) is 9.88 Å². The molecule has 0 saturated carbocycles. The number of nitrogens with one attached hydrogen (secondary N) is 1. The van der Waals surface area contributed by atoms with Crippen LogP contribution in [0.4, 0.5) is 22.7 Å². The molecule has 1 aliphatic rings. The molecule has 1 saturated heterocycles. The number of carbonyl (C=O) groups excluding carboxylic acids is 2. The highest BCUT2D eigenvalue weighted by molar-refractivity contribution is 7.99. The standard InChI is InChI=1S/C39H38N6O7S2/c1-52-39(47)31-23-30(25-40-26-31)35-10-6-5-7-29(35)27-42-18-20-43(21-19-42)32-13-11-28(12-14-32)38(46)44(54(50)51)33-15-16-36(37(24-33)45(48)49)41-17-22-53-34-8-3-2-4-9-34/h2-16,23-26,41H,17-22,27H2,1H3,(H,50,51). The van der Waals surface area contributed by atoms with Gasteiger partial charge in [-0.2, -0.15) is 0 Å². The fraction of sp³-hybridized carbons (Fsp3) is 0.205.